The first-order valence-corrected chi connectivity index (χ1v) is 8.88. The van der Waals surface area contributed by atoms with E-state index in [2.05, 4.69) is 21.6 Å². The summed E-state index contributed by atoms with van der Waals surface area (Å²) in [6.07, 6.45) is 4.42. The summed E-state index contributed by atoms with van der Waals surface area (Å²) in [5.74, 6) is 0.129. The maximum absolute atomic E-state index is 12.7. The zero-order chi connectivity index (χ0) is 17.3. The number of aromatic nitrogens is 4. The Morgan fingerprint density at radius 3 is 2.88 bits per heavy atom. The molecule has 8 heteroatoms. The van der Waals surface area contributed by atoms with Crippen LogP contribution in [0.2, 0.25) is 0 Å². The van der Waals surface area contributed by atoms with Crippen LogP contribution >= 0.6 is 11.8 Å². The fraction of sp³-hybridized carbons (Fsp3) is 0.562. The molecule has 0 saturated carbocycles. The summed E-state index contributed by atoms with van der Waals surface area (Å²) in [4.78, 5) is 19.2. The molecule has 24 heavy (non-hydrogen) atoms. The SMILES string of the molecule is COCCn1c(SC2CCN(c3cnn(C)c3)C2=O)nc(C)c1C. The Labute approximate surface area is 146 Å². The molecule has 0 bridgehead atoms. The van der Waals surface area contributed by atoms with Crippen LogP contribution in [0.4, 0.5) is 5.69 Å². The van der Waals surface area contributed by atoms with Crippen molar-refractivity contribution in [2.24, 2.45) is 7.05 Å². The summed E-state index contributed by atoms with van der Waals surface area (Å²) in [6, 6.07) is 0. The summed E-state index contributed by atoms with van der Waals surface area (Å²) in [5, 5.41) is 4.95. The number of aryl methyl sites for hydroxylation is 2. The van der Waals surface area contributed by atoms with Gasteiger partial charge in [-0.25, -0.2) is 4.98 Å². The highest BCUT2D eigenvalue weighted by molar-refractivity contribution is 8.00. The van der Waals surface area contributed by atoms with Gasteiger partial charge in [0.25, 0.3) is 0 Å². The van der Waals surface area contributed by atoms with Crippen molar-refractivity contribution in [3.8, 4) is 0 Å². The van der Waals surface area contributed by atoms with E-state index in [9.17, 15) is 4.79 Å². The smallest absolute Gasteiger partial charge is 0.240 e. The number of hydrogen-bond acceptors (Lipinski definition) is 5. The summed E-state index contributed by atoms with van der Waals surface area (Å²) < 4.78 is 9.05. The van der Waals surface area contributed by atoms with Gasteiger partial charge in [0, 0.05) is 39.1 Å². The molecule has 1 aliphatic heterocycles. The van der Waals surface area contributed by atoms with Crippen molar-refractivity contribution in [3.63, 3.8) is 0 Å². The molecule has 0 spiro atoms. The number of rotatable bonds is 6. The highest BCUT2D eigenvalue weighted by Gasteiger charge is 2.35. The Morgan fingerprint density at radius 2 is 2.21 bits per heavy atom. The first-order valence-electron chi connectivity index (χ1n) is 8.00. The van der Waals surface area contributed by atoms with E-state index in [1.165, 1.54) is 0 Å². The number of ether oxygens (including phenoxy) is 1. The highest BCUT2D eigenvalue weighted by Crippen LogP contribution is 2.33. The molecule has 1 atom stereocenters. The summed E-state index contributed by atoms with van der Waals surface area (Å²) in [6.45, 7) is 6.16. The normalized spacial score (nSPS) is 17.9. The molecule has 0 aromatic carbocycles. The van der Waals surface area contributed by atoms with E-state index in [4.69, 9.17) is 4.74 Å². The largest absolute Gasteiger partial charge is 0.383 e. The van der Waals surface area contributed by atoms with Gasteiger partial charge in [-0.1, -0.05) is 11.8 Å². The molecular weight excluding hydrogens is 326 g/mol. The topological polar surface area (TPSA) is 65.2 Å². The number of methoxy groups -OCH3 is 1. The number of imidazole rings is 1. The zero-order valence-electron chi connectivity index (χ0n) is 14.5. The second-order valence-corrected chi connectivity index (χ2v) is 7.14. The number of carbonyl (C=O) groups is 1. The summed E-state index contributed by atoms with van der Waals surface area (Å²) in [7, 11) is 3.55. The van der Waals surface area contributed by atoms with E-state index in [1.54, 1.807) is 29.8 Å². The lowest BCUT2D eigenvalue weighted by Crippen LogP contribution is -2.27. The number of hydrogen-bond donors (Lipinski definition) is 0. The van der Waals surface area contributed by atoms with Crippen LogP contribution in [0.15, 0.2) is 17.6 Å². The number of nitrogens with zero attached hydrogens (tertiary/aromatic N) is 5. The fourth-order valence-electron chi connectivity index (χ4n) is 2.85. The van der Waals surface area contributed by atoms with Gasteiger partial charge in [0.2, 0.25) is 5.91 Å². The van der Waals surface area contributed by atoms with Gasteiger partial charge in [-0.05, 0) is 20.3 Å². The molecule has 0 N–H and O–H groups in total. The average Bonchev–Trinajstić information content (AvgIpc) is 3.20. The molecule has 3 rings (SSSR count). The molecule has 1 amide bonds. The first kappa shape index (κ1) is 17.0. The van der Waals surface area contributed by atoms with Gasteiger partial charge in [0.1, 0.15) is 0 Å². The van der Waals surface area contributed by atoms with Crippen LogP contribution in [0.5, 0.6) is 0 Å². The van der Waals surface area contributed by atoms with Gasteiger partial charge >= 0.3 is 0 Å². The lowest BCUT2D eigenvalue weighted by atomic mass is 10.4. The third kappa shape index (κ3) is 3.21. The van der Waals surface area contributed by atoms with Crippen LogP contribution in [0.25, 0.3) is 0 Å². The molecule has 1 aliphatic rings. The van der Waals surface area contributed by atoms with Crippen molar-refractivity contribution in [1.82, 2.24) is 19.3 Å². The van der Waals surface area contributed by atoms with Crippen molar-refractivity contribution in [3.05, 3.63) is 23.8 Å². The Kier molecular flexibility index (Phi) is 4.96. The van der Waals surface area contributed by atoms with Gasteiger partial charge in [0.15, 0.2) is 5.16 Å². The lowest BCUT2D eigenvalue weighted by Gasteiger charge is -2.14. The number of thioether (sulfide) groups is 1. The Morgan fingerprint density at radius 1 is 1.42 bits per heavy atom. The number of amides is 1. The van der Waals surface area contributed by atoms with Gasteiger partial charge < -0.3 is 14.2 Å². The standard InChI is InChI=1S/C16H23N5O2S/c1-11-12(2)20(7-8-23-4)16(18-11)24-14-5-6-21(15(14)22)13-9-17-19(3)10-13/h9-10,14H,5-8H2,1-4H3. The van der Waals surface area contributed by atoms with Crippen LogP contribution in [0.1, 0.15) is 17.8 Å². The second-order valence-electron chi connectivity index (χ2n) is 5.97. The van der Waals surface area contributed by atoms with Crippen LogP contribution in [0.3, 0.4) is 0 Å². The third-order valence-electron chi connectivity index (χ3n) is 4.35. The maximum atomic E-state index is 12.7. The molecule has 130 valence electrons. The average molecular weight is 349 g/mol. The summed E-state index contributed by atoms with van der Waals surface area (Å²) >= 11 is 1.55. The van der Waals surface area contributed by atoms with Crippen molar-refractivity contribution in [2.45, 2.75) is 37.2 Å². The molecule has 7 nitrogen and oxygen atoms in total. The minimum atomic E-state index is -0.104. The highest BCUT2D eigenvalue weighted by atomic mass is 32.2. The molecule has 2 aromatic heterocycles. The number of anilines is 1. The monoisotopic (exact) mass is 349 g/mol. The van der Waals surface area contributed by atoms with Crippen LogP contribution in [-0.2, 0) is 23.1 Å². The van der Waals surface area contributed by atoms with Gasteiger partial charge in [-0.15, -0.1) is 0 Å². The Bertz CT molecular complexity index is 739. The van der Waals surface area contributed by atoms with E-state index < -0.39 is 0 Å². The minimum absolute atomic E-state index is 0.104. The minimum Gasteiger partial charge on any atom is -0.383 e. The quantitative estimate of drug-likeness (QED) is 0.795. The lowest BCUT2D eigenvalue weighted by molar-refractivity contribution is -0.116. The van der Waals surface area contributed by atoms with Crippen molar-refractivity contribution < 1.29 is 9.53 Å². The van der Waals surface area contributed by atoms with Crippen molar-refractivity contribution >= 4 is 23.4 Å². The van der Waals surface area contributed by atoms with Crippen molar-refractivity contribution in [2.75, 3.05) is 25.2 Å². The molecule has 1 unspecified atom stereocenters. The maximum Gasteiger partial charge on any atom is 0.240 e. The van der Waals surface area contributed by atoms with E-state index in [0.717, 1.165) is 41.7 Å². The molecule has 1 saturated heterocycles. The molecule has 2 aromatic rings. The second kappa shape index (κ2) is 6.98. The third-order valence-corrected chi connectivity index (χ3v) is 5.59. The van der Waals surface area contributed by atoms with E-state index in [-0.39, 0.29) is 11.2 Å². The zero-order valence-corrected chi connectivity index (χ0v) is 15.3. The summed E-state index contributed by atoms with van der Waals surface area (Å²) in [5.41, 5.74) is 2.99. The molecule has 0 radical (unpaired) electrons. The fourth-order valence-corrected chi connectivity index (χ4v) is 4.10. The van der Waals surface area contributed by atoms with Gasteiger partial charge in [0.05, 0.1) is 29.4 Å². The Balaban J connectivity index is 1.75. The molecule has 1 fully saturated rings. The van der Waals surface area contributed by atoms with Crippen LogP contribution in [-0.4, -0.2) is 50.8 Å². The van der Waals surface area contributed by atoms with Crippen LogP contribution < -0.4 is 4.90 Å². The molecule has 0 aliphatic carbocycles. The Hall–Kier alpha value is -1.80. The van der Waals surface area contributed by atoms with E-state index >= 15 is 0 Å². The van der Waals surface area contributed by atoms with Gasteiger partial charge in [-0.2, -0.15) is 5.10 Å². The molecular formula is C16H23N5O2S. The first-order chi connectivity index (χ1) is 11.5. The van der Waals surface area contributed by atoms with E-state index in [0.29, 0.717) is 6.61 Å². The number of carbonyl (C=O) groups excluding carboxylic acids is 1. The van der Waals surface area contributed by atoms with Crippen LogP contribution in [0, 0.1) is 13.8 Å². The molecule has 3 heterocycles. The van der Waals surface area contributed by atoms with Crippen molar-refractivity contribution in [1.29, 1.82) is 0 Å². The van der Waals surface area contributed by atoms with Gasteiger partial charge in [-0.3, -0.25) is 9.48 Å². The van der Waals surface area contributed by atoms with E-state index in [1.807, 2.05) is 25.1 Å². The predicted molar refractivity (Wildman–Crippen MR) is 93.4 cm³/mol. The predicted octanol–water partition coefficient (Wildman–Crippen LogP) is 1.78.